The highest BCUT2D eigenvalue weighted by Crippen LogP contribution is 2.34. The molecule has 1 amide bonds. The van der Waals surface area contributed by atoms with Crippen LogP contribution in [-0.2, 0) is 4.74 Å². The normalized spacial score (nSPS) is 17.3. The van der Waals surface area contributed by atoms with E-state index in [1.165, 1.54) is 0 Å². The quantitative estimate of drug-likeness (QED) is 0.889. The molecule has 1 aromatic carbocycles. The van der Waals surface area contributed by atoms with Gasteiger partial charge in [-0.3, -0.25) is 0 Å². The van der Waals surface area contributed by atoms with Gasteiger partial charge in [0.05, 0.1) is 5.69 Å². The molecule has 5 nitrogen and oxygen atoms in total. The van der Waals surface area contributed by atoms with Gasteiger partial charge in [-0.1, -0.05) is 24.3 Å². The summed E-state index contributed by atoms with van der Waals surface area (Å²) < 4.78 is 5.65. The molecule has 1 aliphatic rings. The first kappa shape index (κ1) is 17.4. The van der Waals surface area contributed by atoms with Crippen molar-refractivity contribution < 1.29 is 9.53 Å². The maximum atomic E-state index is 13.0. The Labute approximate surface area is 149 Å². The van der Waals surface area contributed by atoms with Crippen molar-refractivity contribution in [1.82, 2.24) is 10.3 Å². The second-order valence-electron chi connectivity index (χ2n) is 7.22. The van der Waals surface area contributed by atoms with E-state index in [1.54, 1.807) is 11.1 Å². The third-order valence-corrected chi connectivity index (χ3v) is 4.05. The number of carbonyl (C=O) groups is 1. The van der Waals surface area contributed by atoms with Crippen molar-refractivity contribution in [1.29, 1.82) is 0 Å². The molecule has 2 heterocycles. The van der Waals surface area contributed by atoms with E-state index in [4.69, 9.17) is 4.74 Å². The maximum Gasteiger partial charge on any atom is 0.420 e. The van der Waals surface area contributed by atoms with E-state index in [-0.39, 0.29) is 6.04 Å². The van der Waals surface area contributed by atoms with Gasteiger partial charge in [0.25, 0.3) is 0 Å². The molecular weight excluding hydrogens is 314 g/mol. The van der Waals surface area contributed by atoms with Crippen LogP contribution in [0.2, 0.25) is 0 Å². The maximum absolute atomic E-state index is 13.0. The number of rotatable bonds is 3. The van der Waals surface area contributed by atoms with Crippen molar-refractivity contribution in [3.63, 3.8) is 0 Å². The van der Waals surface area contributed by atoms with E-state index in [0.717, 1.165) is 30.6 Å². The first-order chi connectivity index (χ1) is 12.0. The number of nitrogens with zero attached hydrogens (tertiary/aromatic N) is 2. The van der Waals surface area contributed by atoms with Crippen LogP contribution in [-0.4, -0.2) is 23.2 Å². The van der Waals surface area contributed by atoms with Crippen LogP contribution in [0.25, 0.3) is 0 Å². The van der Waals surface area contributed by atoms with Crippen molar-refractivity contribution in [3.8, 4) is 0 Å². The lowest BCUT2D eigenvalue weighted by molar-refractivity contribution is 0.0598. The molecule has 0 spiro atoms. The lowest BCUT2D eigenvalue weighted by Gasteiger charge is -2.29. The van der Waals surface area contributed by atoms with Crippen LogP contribution < -0.4 is 10.2 Å². The smallest absolute Gasteiger partial charge is 0.420 e. The third-order valence-electron chi connectivity index (χ3n) is 4.05. The fourth-order valence-corrected chi connectivity index (χ4v) is 3.02. The molecule has 1 aliphatic heterocycles. The molecule has 1 atom stereocenters. The Morgan fingerprint density at radius 1 is 1.20 bits per heavy atom. The minimum absolute atomic E-state index is 0.206. The van der Waals surface area contributed by atoms with Crippen molar-refractivity contribution in [2.45, 2.75) is 45.3 Å². The molecular formula is C20H25N3O2. The van der Waals surface area contributed by atoms with Crippen LogP contribution >= 0.6 is 0 Å². The number of benzene rings is 1. The van der Waals surface area contributed by atoms with E-state index in [1.807, 2.05) is 63.2 Å². The van der Waals surface area contributed by atoms with E-state index < -0.39 is 11.7 Å². The second-order valence-corrected chi connectivity index (χ2v) is 7.22. The first-order valence-electron chi connectivity index (χ1n) is 8.72. The van der Waals surface area contributed by atoms with Gasteiger partial charge in [0.15, 0.2) is 0 Å². The first-order valence-corrected chi connectivity index (χ1v) is 8.72. The van der Waals surface area contributed by atoms with Crippen LogP contribution in [0, 0.1) is 0 Å². The minimum Gasteiger partial charge on any atom is -0.443 e. The summed E-state index contributed by atoms with van der Waals surface area (Å²) in [6, 6.07) is 13.7. The SMILES string of the molecule is CC(C)(C)OC(=O)N(c1ccccc1)c1ncccc1C1CCCN1. The van der Waals surface area contributed by atoms with Gasteiger partial charge in [0.1, 0.15) is 11.4 Å². The summed E-state index contributed by atoms with van der Waals surface area (Å²) in [4.78, 5) is 19.1. The molecule has 1 unspecified atom stereocenters. The number of amides is 1. The zero-order chi connectivity index (χ0) is 17.9. The third kappa shape index (κ3) is 4.17. The molecule has 0 bridgehead atoms. The fraction of sp³-hybridized carbons (Fsp3) is 0.400. The Hall–Kier alpha value is -2.40. The average molecular weight is 339 g/mol. The summed E-state index contributed by atoms with van der Waals surface area (Å²) >= 11 is 0. The largest absolute Gasteiger partial charge is 0.443 e. The van der Waals surface area contributed by atoms with E-state index in [0.29, 0.717) is 5.82 Å². The van der Waals surface area contributed by atoms with Crippen LogP contribution in [0.4, 0.5) is 16.3 Å². The lowest BCUT2D eigenvalue weighted by Crippen LogP contribution is -2.35. The molecule has 25 heavy (non-hydrogen) atoms. The number of anilines is 2. The molecule has 132 valence electrons. The molecule has 1 saturated heterocycles. The van der Waals surface area contributed by atoms with E-state index in [2.05, 4.69) is 10.3 Å². The average Bonchev–Trinajstić information content (AvgIpc) is 3.09. The van der Waals surface area contributed by atoms with Crippen LogP contribution in [0.1, 0.15) is 45.2 Å². The number of hydrogen-bond acceptors (Lipinski definition) is 4. The molecule has 1 N–H and O–H groups in total. The van der Waals surface area contributed by atoms with Gasteiger partial charge < -0.3 is 10.1 Å². The standard InChI is InChI=1S/C20H25N3O2/c1-20(2,3)25-19(24)23(15-9-5-4-6-10-15)18-16(11-7-14-22-18)17-12-8-13-21-17/h4-7,9-11,14,17,21H,8,12-13H2,1-3H3. The van der Waals surface area contributed by atoms with Crippen molar-refractivity contribution in [2.24, 2.45) is 0 Å². The zero-order valence-electron chi connectivity index (χ0n) is 15.0. The Morgan fingerprint density at radius 2 is 1.96 bits per heavy atom. The number of hydrogen-bond donors (Lipinski definition) is 1. The zero-order valence-corrected chi connectivity index (χ0v) is 15.0. The number of para-hydroxylation sites is 1. The Bertz CT molecular complexity index is 719. The molecule has 0 radical (unpaired) electrons. The van der Waals surface area contributed by atoms with Crippen LogP contribution in [0.5, 0.6) is 0 Å². The minimum atomic E-state index is -0.579. The number of nitrogens with one attached hydrogen (secondary N) is 1. The Balaban J connectivity index is 2.05. The molecule has 0 aliphatic carbocycles. The molecule has 2 aromatic rings. The predicted octanol–water partition coefficient (Wildman–Crippen LogP) is 4.58. The summed E-state index contributed by atoms with van der Waals surface area (Å²) in [6.45, 7) is 6.58. The van der Waals surface area contributed by atoms with Gasteiger partial charge in [0, 0.05) is 17.8 Å². The molecule has 1 fully saturated rings. The van der Waals surface area contributed by atoms with E-state index in [9.17, 15) is 4.79 Å². The summed E-state index contributed by atoms with van der Waals surface area (Å²) in [5.74, 6) is 0.627. The van der Waals surface area contributed by atoms with Gasteiger partial charge in [0.2, 0.25) is 0 Å². The predicted molar refractivity (Wildman–Crippen MR) is 99.0 cm³/mol. The van der Waals surface area contributed by atoms with Crippen molar-refractivity contribution >= 4 is 17.6 Å². The van der Waals surface area contributed by atoms with Crippen LogP contribution in [0.15, 0.2) is 48.7 Å². The monoisotopic (exact) mass is 339 g/mol. The van der Waals surface area contributed by atoms with Crippen LogP contribution in [0.3, 0.4) is 0 Å². The highest BCUT2D eigenvalue weighted by atomic mass is 16.6. The highest BCUT2D eigenvalue weighted by molar-refractivity contribution is 5.96. The molecule has 5 heteroatoms. The van der Waals surface area contributed by atoms with Gasteiger partial charge in [-0.05, 0) is 58.4 Å². The lowest BCUT2D eigenvalue weighted by atomic mass is 10.1. The number of pyridine rings is 1. The van der Waals surface area contributed by atoms with Gasteiger partial charge >= 0.3 is 6.09 Å². The topological polar surface area (TPSA) is 54.5 Å². The number of ether oxygens (including phenoxy) is 1. The highest BCUT2D eigenvalue weighted by Gasteiger charge is 2.30. The fourth-order valence-electron chi connectivity index (χ4n) is 3.02. The molecule has 1 aromatic heterocycles. The van der Waals surface area contributed by atoms with Gasteiger partial charge in [-0.25, -0.2) is 14.7 Å². The molecule has 0 saturated carbocycles. The Morgan fingerprint density at radius 3 is 2.60 bits per heavy atom. The molecule has 3 rings (SSSR count). The van der Waals surface area contributed by atoms with E-state index >= 15 is 0 Å². The van der Waals surface area contributed by atoms with Crippen molar-refractivity contribution in [3.05, 3.63) is 54.2 Å². The summed E-state index contributed by atoms with van der Waals surface area (Å²) in [6.07, 6.45) is 3.46. The summed E-state index contributed by atoms with van der Waals surface area (Å²) in [5.41, 5.74) is 1.19. The summed E-state index contributed by atoms with van der Waals surface area (Å²) in [7, 11) is 0. The Kier molecular flexibility index (Phi) is 5.04. The summed E-state index contributed by atoms with van der Waals surface area (Å²) in [5, 5.41) is 3.49. The van der Waals surface area contributed by atoms with Gasteiger partial charge in [-0.15, -0.1) is 0 Å². The number of aromatic nitrogens is 1. The number of carbonyl (C=O) groups excluding carboxylic acids is 1. The van der Waals surface area contributed by atoms with Crippen molar-refractivity contribution in [2.75, 3.05) is 11.4 Å². The second kappa shape index (κ2) is 7.23. The van der Waals surface area contributed by atoms with Gasteiger partial charge in [-0.2, -0.15) is 0 Å².